The zero-order valence-electron chi connectivity index (χ0n) is 15.3. The molecule has 0 saturated carbocycles. The van der Waals surface area contributed by atoms with Crippen LogP contribution in [0.15, 0.2) is 48.5 Å². The van der Waals surface area contributed by atoms with Crippen molar-refractivity contribution < 1.29 is 0 Å². The van der Waals surface area contributed by atoms with Crippen LogP contribution in [0.1, 0.15) is 38.3 Å². The number of hydrogen-bond donors (Lipinski definition) is 2. The number of thiocarbonyl (C=S) groups is 1. The van der Waals surface area contributed by atoms with E-state index in [9.17, 15) is 0 Å². The molecule has 0 aromatic heterocycles. The summed E-state index contributed by atoms with van der Waals surface area (Å²) in [6.07, 6.45) is 2.56. The molecule has 0 aliphatic carbocycles. The van der Waals surface area contributed by atoms with Crippen molar-refractivity contribution in [1.29, 1.82) is 0 Å². The molecular weight excluding hydrogens is 362 g/mol. The van der Waals surface area contributed by atoms with Gasteiger partial charge in [0.2, 0.25) is 0 Å². The minimum absolute atomic E-state index is 0.137. The van der Waals surface area contributed by atoms with Crippen LogP contribution in [0.5, 0.6) is 0 Å². The number of anilines is 2. The third-order valence-electron chi connectivity index (χ3n) is 4.99. The maximum atomic E-state index is 5.91. The molecular formula is C21H26ClN3S. The van der Waals surface area contributed by atoms with Crippen LogP contribution in [-0.4, -0.2) is 18.2 Å². The van der Waals surface area contributed by atoms with Gasteiger partial charge in [0.25, 0.3) is 0 Å². The molecule has 2 aromatic carbocycles. The van der Waals surface area contributed by atoms with Crippen LogP contribution in [-0.2, 0) is 0 Å². The highest BCUT2D eigenvalue weighted by Gasteiger charge is 2.16. The van der Waals surface area contributed by atoms with Gasteiger partial charge in [0.05, 0.1) is 6.04 Å². The number of benzene rings is 2. The van der Waals surface area contributed by atoms with Crippen LogP contribution in [0.25, 0.3) is 0 Å². The molecule has 2 N–H and O–H groups in total. The van der Waals surface area contributed by atoms with Gasteiger partial charge in [-0.25, -0.2) is 0 Å². The zero-order chi connectivity index (χ0) is 18.5. The minimum Gasteiger partial charge on any atom is -0.372 e. The lowest BCUT2D eigenvalue weighted by Gasteiger charge is -2.32. The zero-order valence-corrected chi connectivity index (χ0v) is 16.9. The molecule has 3 nitrogen and oxygen atoms in total. The highest BCUT2D eigenvalue weighted by Crippen LogP contribution is 2.24. The summed E-state index contributed by atoms with van der Waals surface area (Å²) in [6, 6.07) is 16.5. The first-order chi connectivity index (χ1) is 12.5. The molecule has 0 radical (unpaired) electrons. The SMILES string of the molecule is CC1CCN(c2ccc([C@H](C)NC(=S)Nc3ccc(Cl)cc3)cc2)CC1. The second kappa shape index (κ2) is 8.74. The molecule has 1 fully saturated rings. The van der Waals surface area contributed by atoms with E-state index < -0.39 is 0 Å². The van der Waals surface area contributed by atoms with Gasteiger partial charge in [-0.1, -0.05) is 30.7 Å². The van der Waals surface area contributed by atoms with Gasteiger partial charge in [0.15, 0.2) is 5.11 Å². The minimum atomic E-state index is 0.137. The first kappa shape index (κ1) is 19.0. The summed E-state index contributed by atoms with van der Waals surface area (Å²) in [4.78, 5) is 2.48. The first-order valence-electron chi connectivity index (χ1n) is 9.19. The van der Waals surface area contributed by atoms with Crippen molar-refractivity contribution in [1.82, 2.24) is 5.32 Å². The van der Waals surface area contributed by atoms with E-state index >= 15 is 0 Å². The third kappa shape index (κ3) is 5.12. The predicted octanol–water partition coefficient (Wildman–Crippen LogP) is 5.62. The van der Waals surface area contributed by atoms with Gasteiger partial charge in [-0.15, -0.1) is 0 Å². The molecule has 1 aliphatic rings. The van der Waals surface area contributed by atoms with Crippen molar-refractivity contribution in [2.45, 2.75) is 32.7 Å². The van der Waals surface area contributed by atoms with Crippen LogP contribution < -0.4 is 15.5 Å². The molecule has 0 amide bonds. The van der Waals surface area contributed by atoms with Crippen LogP contribution in [0.4, 0.5) is 11.4 Å². The average molecular weight is 388 g/mol. The fourth-order valence-electron chi connectivity index (χ4n) is 3.22. The smallest absolute Gasteiger partial charge is 0.171 e. The Balaban J connectivity index is 1.54. The fourth-order valence-corrected chi connectivity index (χ4v) is 3.64. The monoisotopic (exact) mass is 387 g/mol. The van der Waals surface area contributed by atoms with Gasteiger partial charge in [0.1, 0.15) is 0 Å². The predicted molar refractivity (Wildman–Crippen MR) is 116 cm³/mol. The Kier molecular flexibility index (Phi) is 6.38. The Morgan fingerprint density at radius 3 is 2.31 bits per heavy atom. The van der Waals surface area contributed by atoms with Gasteiger partial charge >= 0.3 is 0 Å². The standard InChI is InChI=1S/C21H26ClN3S/c1-15-11-13-25(14-12-15)20-9-3-17(4-10-20)16(2)23-21(26)24-19-7-5-18(22)6-8-19/h3-10,15-16H,11-14H2,1-2H3,(H2,23,24,26)/t16-/m0/s1. The van der Waals surface area contributed by atoms with Crippen LogP contribution >= 0.6 is 23.8 Å². The number of rotatable bonds is 4. The molecule has 1 atom stereocenters. The normalized spacial score (nSPS) is 16.2. The Morgan fingerprint density at radius 2 is 1.69 bits per heavy atom. The maximum Gasteiger partial charge on any atom is 0.171 e. The van der Waals surface area contributed by atoms with E-state index in [-0.39, 0.29) is 6.04 Å². The Bertz CT molecular complexity index is 722. The molecule has 3 rings (SSSR count). The van der Waals surface area contributed by atoms with E-state index in [0.717, 1.165) is 24.7 Å². The molecule has 138 valence electrons. The number of hydrogen-bond acceptors (Lipinski definition) is 2. The second-order valence-electron chi connectivity index (χ2n) is 7.09. The van der Waals surface area contributed by atoms with Crippen LogP contribution in [0.2, 0.25) is 5.02 Å². The van der Waals surface area contributed by atoms with Gasteiger partial charge < -0.3 is 15.5 Å². The van der Waals surface area contributed by atoms with Crippen molar-refractivity contribution >= 4 is 40.3 Å². The Hall–Kier alpha value is -1.78. The highest BCUT2D eigenvalue weighted by molar-refractivity contribution is 7.80. The maximum absolute atomic E-state index is 5.91. The second-order valence-corrected chi connectivity index (χ2v) is 7.93. The van der Waals surface area contributed by atoms with Crippen molar-refractivity contribution in [2.24, 2.45) is 5.92 Å². The lowest BCUT2D eigenvalue weighted by molar-refractivity contribution is 0.438. The van der Waals surface area contributed by atoms with Crippen molar-refractivity contribution in [3.63, 3.8) is 0 Å². The molecule has 2 aromatic rings. The first-order valence-corrected chi connectivity index (χ1v) is 9.98. The summed E-state index contributed by atoms with van der Waals surface area (Å²) in [5.74, 6) is 0.851. The van der Waals surface area contributed by atoms with E-state index in [1.54, 1.807) is 0 Å². The van der Waals surface area contributed by atoms with E-state index in [0.29, 0.717) is 10.1 Å². The lowest BCUT2D eigenvalue weighted by atomic mass is 9.98. The molecule has 0 unspecified atom stereocenters. The largest absolute Gasteiger partial charge is 0.372 e. The van der Waals surface area contributed by atoms with Crippen molar-refractivity contribution in [3.8, 4) is 0 Å². The number of halogens is 1. The number of piperidine rings is 1. The van der Waals surface area contributed by atoms with E-state index in [2.05, 4.69) is 53.6 Å². The van der Waals surface area contributed by atoms with Crippen LogP contribution in [0.3, 0.4) is 0 Å². The molecule has 5 heteroatoms. The molecule has 0 bridgehead atoms. The summed E-state index contributed by atoms with van der Waals surface area (Å²) in [6.45, 7) is 6.77. The van der Waals surface area contributed by atoms with E-state index in [1.807, 2.05) is 24.3 Å². The highest BCUT2D eigenvalue weighted by atomic mass is 35.5. The topological polar surface area (TPSA) is 27.3 Å². The summed E-state index contributed by atoms with van der Waals surface area (Å²) >= 11 is 11.3. The molecule has 1 saturated heterocycles. The van der Waals surface area contributed by atoms with Crippen LogP contribution in [0, 0.1) is 5.92 Å². The van der Waals surface area contributed by atoms with Gasteiger partial charge in [-0.2, -0.15) is 0 Å². The Morgan fingerprint density at radius 1 is 1.08 bits per heavy atom. The fraction of sp³-hybridized carbons (Fsp3) is 0.381. The molecule has 1 aliphatic heterocycles. The van der Waals surface area contributed by atoms with Gasteiger partial charge in [0, 0.05) is 29.5 Å². The van der Waals surface area contributed by atoms with Gasteiger partial charge in [-0.05, 0) is 79.9 Å². The van der Waals surface area contributed by atoms with Gasteiger partial charge in [-0.3, -0.25) is 0 Å². The lowest BCUT2D eigenvalue weighted by Crippen LogP contribution is -2.33. The third-order valence-corrected chi connectivity index (χ3v) is 5.46. The molecule has 26 heavy (non-hydrogen) atoms. The Labute approximate surface area is 166 Å². The summed E-state index contributed by atoms with van der Waals surface area (Å²) < 4.78 is 0. The quantitative estimate of drug-likeness (QED) is 0.665. The van der Waals surface area contributed by atoms with E-state index in [1.165, 1.54) is 24.1 Å². The number of nitrogens with zero attached hydrogens (tertiary/aromatic N) is 1. The number of nitrogens with one attached hydrogen (secondary N) is 2. The van der Waals surface area contributed by atoms with E-state index in [4.69, 9.17) is 23.8 Å². The van der Waals surface area contributed by atoms with Crippen molar-refractivity contribution in [3.05, 3.63) is 59.1 Å². The summed E-state index contributed by atoms with van der Waals surface area (Å²) in [5.41, 5.74) is 3.46. The molecule has 0 spiro atoms. The summed E-state index contributed by atoms with van der Waals surface area (Å²) in [7, 11) is 0. The average Bonchev–Trinajstić information content (AvgIpc) is 2.64. The van der Waals surface area contributed by atoms with Crippen molar-refractivity contribution in [2.75, 3.05) is 23.3 Å². The summed E-state index contributed by atoms with van der Waals surface area (Å²) in [5, 5.41) is 7.85. The molecule has 1 heterocycles.